The SMILES string of the molecule is CCOc1ccccc1[C@H](C)OC(=O)[C@@H]1C[C@H]1c1cnn(C)c1. The van der Waals surface area contributed by atoms with Gasteiger partial charge >= 0.3 is 5.97 Å². The molecule has 5 nitrogen and oxygen atoms in total. The molecule has 3 rings (SSSR count). The van der Waals surface area contributed by atoms with Crippen molar-refractivity contribution >= 4 is 5.97 Å². The fraction of sp³-hybridized carbons (Fsp3) is 0.444. The van der Waals surface area contributed by atoms with Gasteiger partial charge in [-0.1, -0.05) is 18.2 Å². The Bertz CT molecular complexity index is 695. The highest BCUT2D eigenvalue weighted by Crippen LogP contribution is 2.48. The minimum Gasteiger partial charge on any atom is -0.493 e. The van der Waals surface area contributed by atoms with E-state index in [1.807, 2.05) is 57.6 Å². The lowest BCUT2D eigenvalue weighted by molar-refractivity contribution is -0.150. The maximum absolute atomic E-state index is 12.4. The van der Waals surface area contributed by atoms with Gasteiger partial charge in [0, 0.05) is 24.7 Å². The van der Waals surface area contributed by atoms with Crippen LogP contribution in [0.5, 0.6) is 5.75 Å². The zero-order valence-electron chi connectivity index (χ0n) is 13.7. The largest absolute Gasteiger partial charge is 0.493 e. The Morgan fingerprint density at radius 3 is 2.91 bits per heavy atom. The standard InChI is InChI=1S/C18H22N2O3/c1-4-22-17-8-6-5-7-14(17)12(2)23-18(21)16-9-15(16)13-10-19-20(3)11-13/h5-8,10-12,15-16H,4,9H2,1-3H3/t12-,15-,16+/m0/s1. The zero-order chi connectivity index (χ0) is 16.4. The second-order valence-corrected chi connectivity index (χ2v) is 5.95. The third kappa shape index (κ3) is 3.38. The Kier molecular flexibility index (Phi) is 4.37. The van der Waals surface area contributed by atoms with Crippen molar-refractivity contribution in [2.75, 3.05) is 6.61 Å². The monoisotopic (exact) mass is 314 g/mol. The Labute approximate surface area is 136 Å². The highest BCUT2D eigenvalue weighted by atomic mass is 16.5. The molecule has 1 fully saturated rings. The first-order valence-corrected chi connectivity index (χ1v) is 8.01. The van der Waals surface area contributed by atoms with Gasteiger partial charge in [0.25, 0.3) is 0 Å². The fourth-order valence-corrected chi connectivity index (χ4v) is 2.88. The summed E-state index contributed by atoms with van der Waals surface area (Å²) in [5.41, 5.74) is 2.01. The predicted molar refractivity (Wildman–Crippen MR) is 86.2 cm³/mol. The van der Waals surface area contributed by atoms with Gasteiger partial charge < -0.3 is 9.47 Å². The molecule has 1 aliphatic rings. The first kappa shape index (κ1) is 15.6. The molecule has 2 aromatic rings. The van der Waals surface area contributed by atoms with Crippen LogP contribution in [-0.2, 0) is 16.6 Å². The number of carbonyl (C=O) groups is 1. The molecule has 1 aromatic heterocycles. The van der Waals surface area contributed by atoms with Crippen LogP contribution in [0, 0.1) is 5.92 Å². The van der Waals surface area contributed by atoms with Crippen LogP contribution in [0.15, 0.2) is 36.7 Å². The summed E-state index contributed by atoms with van der Waals surface area (Å²) >= 11 is 0. The number of hydrogen-bond donors (Lipinski definition) is 0. The summed E-state index contributed by atoms with van der Waals surface area (Å²) in [4.78, 5) is 12.4. The van der Waals surface area contributed by atoms with Crippen LogP contribution in [0.2, 0.25) is 0 Å². The van der Waals surface area contributed by atoms with Crippen molar-refractivity contribution in [3.8, 4) is 5.75 Å². The van der Waals surface area contributed by atoms with Crippen LogP contribution in [0.1, 0.15) is 43.4 Å². The lowest BCUT2D eigenvalue weighted by Crippen LogP contribution is -2.12. The second-order valence-electron chi connectivity index (χ2n) is 5.95. The molecule has 1 heterocycles. The zero-order valence-corrected chi connectivity index (χ0v) is 13.7. The van der Waals surface area contributed by atoms with Gasteiger partial charge in [0.05, 0.1) is 18.7 Å². The minimum atomic E-state index is -0.319. The van der Waals surface area contributed by atoms with E-state index < -0.39 is 0 Å². The third-order valence-corrected chi connectivity index (χ3v) is 4.20. The van der Waals surface area contributed by atoms with E-state index >= 15 is 0 Å². The van der Waals surface area contributed by atoms with E-state index in [0.717, 1.165) is 23.3 Å². The van der Waals surface area contributed by atoms with Gasteiger partial charge in [0.2, 0.25) is 0 Å². The van der Waals surface area contributed by atoms with Gasteiger partial charge in [-0.05, 0) is 31.9 Å². The second kappa shape index (κ2) is 6.44. The molecule has 5 heteroatoms. The van der Waals surface area contributed by atoms with Crippen molar-refractivity contribution < 1.29 is 14.3 Å². The molecule has 23 heavy (non-hydrogen) atoms. The molecule has 122 valence electrons. The van der Waals surface area contributed by atoms with Crippen LogP contribution < -0.4 is 4.74 Å². The number of nitrogens with zero attached hydrogens (tertiary/aromatic N) is 2. The molecular weight excluding hydrogens is 292 g/mol. The maximum Gasteiger partial charge on any atom is 0.310 e. The van der Waals surface area contributed by atoms with Crippen LogP contribution >= 0.6 is 0 Å². The average molecular weight is 314 g/mol. The van der Waals surface area contributed by atoms with Crippen LogP contribution in [0.25, 0.3) is 0 Å². The molecule has 0 saturated heterocycles. The summed E-state index contributed by atoms with van der Waals surface area (Å²) in [5.74, 6) is 0.819. The number of para-hydroxylation sites is 1. The van der Waals surface area contributed by atoms with Gasteiger partial charge in [-0.25, -0.2) is 0 Å². The molecule has 0 N–H and O–H groups in total. The Morgan fingerprint density at radius 1 is 1.43 bits per heavy atom. The van der Waals surface area contributed by atoms with Gasteiger partial charge in [0.1, 0.15) is 11.9 Å². The highest BCUT2D eigenvalue weighted by Gasteiger charge is 2.46. The van der Waals surface area contributed by atoms with Crippen LogP contribution in [0.3, 0.4) is 0 Å². The minimum absolute atomic E-state index is 0.0547. The number of ether oxygens (including phenoxy) is 2. The molecule has 1 saturated carbocycles. The normalized spacial score (nSPS) is 20.8. The number of benzene rings is 1. The summed E-state index contributed by atoms with van der Waals surface area (Å²) in [6, 6.07) is 7.69. The number of hydrogen-bond acceptors (Lipinski definition) is 4. The van der Waals surface area contributed by atoms with Gasteiger partial charge in [-0.3, -0.25) is 9.48 Å². The van der Waals surface area contributed by atoms with Crippen LogP contribution in [-0.4, -0.2) is 22.4 Å². The van der Waals surface area contributed by atoms with Gasteiger partial charge in [-0.15, -0.1) is 0 Å². The smallest absolute Gasteiger partial charge is 0.310 e. The molecule has 0 aliphatic heterocycles. The summed E-state index contributed by atoms with van der Waals surface area (Å²) in [5, 5.41) is 4.16. The molecule has 3 atom stereocenters. The highest BCUT2D eigenvalue weighted by molar-refractivity contribution is 5.77. The fourth-order valence-electron chi connectivity index (χ4n) is 2.88. The molecular formula is C18H22N2O3. The lowest BCUT2D eigenvalue weighted by Gasteiger charge is -2.17. The van der Waals surface area contributed by atoms with E-state index in [-0.39, 0.29) is 23.9 Å². The molecule has 0 radical (unpaired) electrons. The number of carbonyl (C=O) groups excluding carboxylic acids is 1. The summed E-state index contributed by atoms with van der Waals surface area (Å²) in [6.45, 7) is 4.41. The molecule has 0 unspecified atom stereocenters. The van der Waals surface area contributed by atoms with E-state index in [1.165, 1.54) is 0 Å². The van der Waals surface area contributed by atoms with Gasteiger partial charge in [-0.2, -0.15) is 5.10 Å². The molecule has 1 aromatic carbocycles. The van der Waals surface area contributed by atoms with Crippen LogP contribution in [0.4, 0.5) is 0 Å². The number of esters is 1. The number of aromatic nitrogens is 2. The van der Waals surface area contributed by atoms with Crippen molar-refractivity contribution in [1.29, 1.82) is 0 Å². The lowest BCUT2D eigenvalue weighted by atomic mass is 10.1. The number of rotatable bonds is 6. The van der Waals surface area contributed by atoms with E-state index in [2.05, 4.69) is 5.10 Å². The maximum atomic E-state index is 12.4. The van der Waals surface area contributed by atoms with Crippen molar-refractivity contribution in [1.82, 2.24) is 9.78 Å². The van der Waals surface area contributed by atoms with E-state index in [1.54, 1.807) is 4.68 Å². The van der Waals surface area contributed by atoms with Crippen molar-refractivity contribution in [3.05, 3.63) is 47.8 Å². The van der Waals surface area contributed by atoms with Crippen molar-refractivity contribution in [2.24, 2.45) is 13.0 Å². The first-order valence-electron chi connectivity index (χ1n) is 8.01. The van der Waals surface area contributed by atoms with Crippen molar-refractivity contribution in [3.63, 3.8) is 0 Å². The first-order chi connectivity index (χ1) is 11.1. The Balaban J connectivity index is 1.62. The van der Waals surface area contributed by atoms with Gasteiger partial charge in [0.15, 0.2) is 0 Å². The van der Waals surface area contributed by atoms with Crippen molar-refractivity contribution in [2.45, 2.75) is 32.3 Å². The molecule has 0 amide bonds. The van der Waals surface area contributed by atoms with E-state index in [9.17, 15) is 4.79 Å². The Hall–Kier alpha value is -2.30. The molecule has 1 aliphatic carbocycles. The topological polar surface area (TPSA) is 53.4 Å². The number of aryl methyl sites for hydroxylation is 1. The summed E-state index contributed by atoms with van der Waals surface area (Å²) < 4.78 is 13.0. The quantitative estimate of drug-likeness (QED) is 0.768. The summed E-state index contributed by atoms with van der Waals surface area (Å²) in [6.07, 6.45) is 4.31. The third-order valence-electron chi connectivity index (χ3n) is 4.20. The predicted octanol–water partition coefficient (Wildman–Crippen LogP) is 3.23. The molecule has 0 bridgehead atoms. The summed E-state index contributed by atoms with van der Waals surface area (Å²) in [7, 11) is 1.88. The average Bonchev–Trinajstić information content (AvgIpc) is 3.23. The van der Waals surface area contributed by atoms with E-state index in [4.69, 9.17) is 9.47 Å². The molecule has 0 spiro atoms. The van der Waals surface area contributed by atoms with E-state index in [0.29, 0.717) is 6.61 Å². The Morgan fingerprint density at radius 2 is 2.22 bits per heavy atom.